The van der Waals surface area contributed by atoms with Crippen molar-refractivity contribution in [2.75, 3.05) is 11.9 Å². The lowest BCUT2D eigenvalue weighted by molar-refractivity contribution is -0.387. The van der Waals surface area contributed by atoms with E-state index in [0.29, 0.717) is 6.07 Å². The van der Waals surface area contributed by atoms with E-state index in [0.717, 1.165) is 12.4 Å². The van der Waals surface area contributed by atoms with Crippen LogP contribution in [0.4, 0.5) is 24.5 Å². The molecule has 12 heteroatoms. The Kier molecular flexibility index (Phi) is 4.77. The zero-order valence-corrected chi connectivity index (χ0v) is 11.5. The fourth-order valence-electron chi connectivity index (χ4n) is 1.59. The van der Waals surface area contributed by atoms with Crippen LogP contribution in [0.15, 0.2) is 23.3 Å². The first kappa shape index (κ1) is 16.9. The zero-order chi connectivity index (χ0) is 17.9. The first-order valence-corrected chi connectivity index (χ1v) is 6.09. The van der Waals surface area contributed by atoms with Crippen molar-refractivity contribution in [2.24, 2.45) is 0 Å². The molecule has 2 aromatic rings. The van der Waals surface area contributed by atoms with Crippen LogP contribution in [-0.2, 0) is 4.79 Å². The summed E-state index contributed by atoms with van der Waals surface area (Å²) in [5, 5.41) is 12.6. The SMILES string of the molecule is O=C(COc1nc[nH]c(=O)c1[N+](=O)[O-])Nc1ccc(F)c(F)c1F. The van der Waals surface area contributed by atoms with E-state index in [4.69, 9.17) is 4.74 Å². The zero-order valence-electron chi connectivity index (χ0n) is 11.5. The smallest absolute Gasteiger partial charge is 0.395 e. The van der Waals surface area contributed by atoms with Gasteiger partial charge in [-0.1, -0.05) is 0 Å². The topological polar surface area (TPSA) is 127 Å². The van der Waals surface area contributed by atoms with Gasteiger partial charge in [-0.15, -0.1) is 0 Å². The summed E-state index contributed by atoms with van der Waals surface area (Å²) >= 11 is 0. The summed E-state index contributed by atoms with van der Waals surface area (Å²) in [6.45, 7) is -0.893. The first-order valence-electron chi connectivity index (χ1n) is 6.09. The molecule has 2 N–H and O–H groups in total. The number of H-pyrrole nitrogens is 1. The lowest BCUT2D eigenvalue weighted by Gasteiger charge is -2.08. The van der Waals surface area contributed by atoms with Crippen molar-refractivity contribution in [1.29, 1.82) is 0 Å². The van der Waals surface area contributed by atoms with Crippen LogP contribution >= 0.6 is 0 Å². The van der Waals surface area contributed by atoms with E-state index in [-0.39, 0.29) is 0 Å². The molecule has 0 aliphatic heterocycles. The molecular weight excluding hydrogens is 337 g/mol. The van der Waals surface area contributed by atoms with Gasteiger partial charge in [0, 0.05) is 0 Å². The minimum atomic E-state index is -1.78. The highest BCUT2D eigenvalue weighted by Crippen LogP contribution is 2.20. The molecule has 0 unspecified atom stereocenters. The van der Waals surface area contributed by atoms with E-state index >= 15 is 0 Å². The van der Waals surface area contributed by atoms with Gasteiger partial charge in [-0.3, -0.25) is 19.7 Å². The molecule has 0 aliphatic carbocycles. The average molecular weight is 344 g/mol. The van der Waals surface area contributed by atoms with Gasteiger partial charge in [-0.05, 0) is 12.1 Å². The number of carbonyl (C=O) groups is 1. The Balaban J connectivity index is 2.10. The molecule has 9 nitrogen and oxygen atoms in total. The number of hydrogen-bond donors (Lipinski definition) is 2. The van der Waals surface area contributed by atoms with Crippen LogP contribution in [0.2, 0.25) is 0 Å². The Labute approximate surface area is 130 Å². The summed E-state index contributed by atoms with van der Waals surface area (Å²) in [7, 11) is 0. The molecule has 0 saturated carbocycles. The van der Waals surface area contributed by atoms with E-state index in [1.807, 2.05) is 10.3 Å². The molecule has 0 aliphatic rings. The second-order valence-electron chi connectivity index (χ2n) is 4.20. The summed E-state index contributed by atoms with van der Waals surface area (Å²) in [4.78, 5) is 37.9. The number of nitro groups is 1. The number of nitrogens with one attached hydrogen (secondary N) is 2. The lowest BCUT2D eigenvalue weighted by atomic mass is 10.3. The summed E-state index contributed by atoms with van der Waals surface area (Å²) in [6.07, 6.45) is 0.817. The van der Waals surface area contributed by atoms with E-state index in [2.05, 4.69) is 4.98 Å². The highest BCUT2D eigenvalue weighted by molar-refractivity contribution is 5.92. The Hall–Kier alpha value is -3.44. The van der Waals surface area contributed by atoms with Crippen LogP contribution in [0, 0.1) is 27.6 Å². The predicted octanol–water partition coefficient (Wildman–Crippen LogP) is 1.11. The van der Waals surface area contributed by atoms with Crippen molar-refractivity contribution in [3.05, 3.63) is 56.4 Å². The molecule has 126 valence electrons. The minimum absolute atomic E-state index is 0.595. The fourth-order valence-corrected chi connectivity index (χ4v) is 1.59. The second kappa shape index (κ2) is 6.76. The number of rotatable bonds is 5. The molecule has 0 saturated heterocycles. The average Bonchev–Trinajstić information content (AvgIpc) is 2.53. The summed E-state index contributed by atoms with van der Waals surface area (Å²) in [5.74, 6) is -6.62. The van der Waals surface area contributed by atoms with Crippen molar-refractivity contribution in [3.63, 3.8) is 0 Å². The van der Waals surface area contributed by atoms with Crippen molar-refractivity contribution >= 4 is 17.3 Å². The number of hydrogen-bond acceptors (Lipinski definition) is 6. The number of halogens is 3. The van der Waals surface area contributed by atoms with Gasteiger partial charge in [0.2, 0.25) is 0 Å². The largest absolute Gasteiger partial charge is 0.462 e. The number of carbonyl (C=O) groups excluding carboxylic acids is 1. The van der Waals surface area contributed by atoms with Crippen LogP contribution in [0.1, 0.15) is 0 Å². The van der Waals surface area contributed by atoms with Crippen LogP contribution < -0.4 is 15.6 Å². The van der Waals surface area contributed by atoms with E-state index in [9.17, 15) is 32.9 Å². The molecule has 1 heterocycles. The normalized spacial score (nSPS) is 10.3. The van der Waals surface area contributed by atoms with E-state index < -0.39 is 57.7 Å². The summed E-state index contributed by atoms with van der Waals surface area (Å²) in [6, 6.07) is 1.37. The summed E-state index contributed by atoms with van der Waals surface area (Å²) < 4.78 is 43.9. The third-order valence-corrected chi connectivity index (χ3v) is 2.63. The Morgan fingerprint density at radius 2 is 2.04 bits per heavy atom. The monoisotopic (exact) mass is 344 g/mol. The first-order chi connectivity index (χ1) is 11.3. The molecule has 0 spiro atoms. The van der Waals surface area contributed by atoms with Gasteiger partial charge >= 0.3 is 17.1 Å². The molecule has 0 fully saturated rings. The van der Waals surface area contributed by atoms with Gasteiger partial charge in [-0.25, -0.2) is 13.2 Å². The molecule has 1 aromatic carbocycles. The molecule has 0 bridgehead atoms. The van der Waals surface area contributed by atoms with Gasteiger partial charge in [0.1, 0.15) is 0 Å². The predicted molar refractivity (Wildman–Crippen MR) is 72.0 cm³/mol. The molecule has 0 atom stereocenters. The standard InChI is InChI=1S/C12H7F3N4O5/c13-5-1-2-6(9(15)8(5)14)18-7(20)3-24-12-10(19(22)23)11(21)16-4-17-12/h1-2,4H,3H2,(H,18,20)(H,16,17,21). The van der Waals surface area contributed by atoms with Crippen molar-refractivity contribution in [1.82, 2.24) is 9.97 Å². The van der Waals surface area contributed by atoms with Crippen LogP contribution in [-0.4, -0.2) is 27.4 Å². The number of ether oxygens (including phenoxy) is 1. The lowest BCUT2D eigenvalue weighted by Crippen LogP contribution is -2.23. The summed E-state index contributed by atoms with van der Waals surface area (Å²) in [5.41, 5.74) is -2.78. The fraction of sp³-hybridized carbons (Fsp3) is 0.0833. The second-order valence-corrected chi connectivity index (χ2v) is 4.20. The number of benzene rings is 1. The highest BCUT2D eigenvalue weighted by Gasteiger charge is 2.23. The molecule has 1 amide bonds. The van der Waals surface area contributed by atoms with Crippen LogP contribution in [0.3, 0.4) is 0 Å². The number of amides is 1. The minimum Gasteiger partial charge on any atom is -0.462 e. The quantitative estimate of drug-likeness (QED) is 0.475. The molecule has 0 radical (unpaired) electrons. The molecule has 2 rings (SSSR count). The third-order valence-electron chi connectivity index (χ3n) is 2.63. The van der Waals surface area contributed by atoms with Gasteiger partial charge in [-0.2, -0.15) is 4.98 Å². The number of aromatic nitrogens is 2. The van der Waals surface area contributed by atoms with Crippen molar-refractivity contribution in [2.45, 2.75) is 0 Å². The molecule has 1 aromatic heterocycles. The van der Waals surface area contributed by atoms with E-state index in [1.165, 1.54) is 0 Å². The maximum Gasteiger partial charge on any atom is 0.395 e. The maximum absolute atomic E-state index is 13.4. The Bertz CT molecular complexity index is 870. The number of nitrogens with zero attached hydrogens (tertiary/aromatic N) is 2. The van der Waals surface area contributed by atoms with Gasteiger partial charge < -0.3 is 15.0 Å². The molecule has 24 heavy (non-hydrogen) atoms. The molecular formula is C12H7F3N4O5. The van der Waals surface area contributed by atoms with Crippen LogP contribution in [0.25, 0.3) is 0 Å². The van der Waals surface area contributed by atoms with Crippen LogP contribution in [0.5, 0.6) is 5.88 Å². The van der Waals surface area contributed by atoms with Gasteiger partial charge in [0.05, 0.1) is 16.9 Å². The van der Waals surface area contributed by atoms with Gasteiger partial charge in [0.25, 0.3) is 5.91 Å². The Morgan fingerprint density at radius 1 is 1.33 bits per heavy atom. The number of aromatic amines is 1. The Morgan fingerprint density at radius 3 is 2.71 bits per heavy atom. The highest BCUT2D eigenvalue weighted by atomic mass is 19.2. The van der Waals surface area contributed by atoms with Gasteiger partial charge in [0.15, 0.2) is 24.1 Å². The number of anilines is 1. The third kappa shape index (κ3) is 3.48. The van der Waals surface area contributed by atoms with Crippen molar-refractivity contribution < 1.29 is 27.6 Å². The van der Waals surface area contributed by atoms with Crippen molar-refractivity contribution in [3.8, 4) is 5.88 Å². The maximum atomic E-state index is 13.4. The van der Waals surface area contributed by atoms with E-state index in [1.54, 1.807) is 0 Å².